The van der Waals surface area contributed by atoms with E-state index in [1.54, 1.807) is 18.2 Å². The van der Waals surface area contributed by atoms with Gasteiger partial charge < -0.3 is 9.47 Å². The number of halogens is 1. The minimum atomic E-state index is -0.439. The molecule has 0 radical (unpaired) electrons. The topological polar surface area (TPSA) is 85.4 Å². The summed E-state index contributed by atoms with van der Waals surface area (Å²) in [4.78, 5) is 10.4. The quantitative estimate of drug-likeness (QED) is 0.162. The van der Waals surface area contributed by atoms with Crippen LogP contribution >= 0.6 is 15.9 Å². The summed E-state index contributed by atoms with van der Waals surface area (Å²) in [6.45, 7) is 2.54. The number of nitro groups is 1. The van der Waals surface area contributed by atoms with Gasteiger partial charge in [0.1, 0.15) is 6.61 Å². The second-order valence-electron chi connectivity index (χ2n) is 6.51. The van der Waals surface area contributed by atoms with Gasteiger partial charge in [-0.1, -0.05) is 30.3 Å². The van der Waals surface area contributed by atoms with E-state index in [0.29, 0.717) is 28.2 Å². The third kappa shape index (κ3) is 5.71. The van der Waals surface area contributed by atoms with Crippen molar-refractivity contribution in [3.63, 3.8) is 0 Å². The number of rotatable bonds is 8. The molecule has 3 aromatic rings. The molecule has 7 heteroatoms. The van der Waals surface area contributed by atoms with E-state index in [0.717, 1.165) is 16.7 Å². The van der Waals surface area contributed by atoms with E-state index in [1.165, 1.54) is 12.1 Å². The number of nitriles is 1. The van der Waals surface area contributed by atoms with E-state index in [1.807, 2.05) is 49.4 Å². The van der Waals surface area contributed by atoms with Gasteiger partial charge in [-0.05, 0) is 69.9 Å². The smallest absolute Gasteiger partial charge is 0.269 e. The Balaban J connectivity index is 1.87. The van der Waals surface area contributed by atoms with E-state index in [2.05, 4.69) is 22.0 Å². The van der Waals surface area contributed by atoms with Crippen LogP contribution in [0.1, 0.15) is 23.6 Å². The largest absolute Gasteiger partial charge is 0.490 e. The van der Waals surface area contributed by atoms with Crippen LogP contribution in [0.25, 0.3) is 11.6 Å². The summed E-state index contributed by atoms with van der Waals surface area (Å²) in [7, 11) is 0. The second kappa shape index (κ2) is 10.4. The van der Waals surface area contributed by atoms with Crippen LogP contribution < -0.4 is 9.47 Å². The molecule has 0 N–H and O–H groups in total. The molecule has 6 nitrogen and oxygen atoms in total. The molecule has 0 aromatic heterocycles. The number of ether oxygens (including phenoxy) is 2. The maximum absolute atomic E-state index is 10.8. The molecular formula is C24H19BrN2O4. The Bertz CT molecular complexity index is 1140. The number of hydrogen-bond acceptors (Lipinski definition) is 5. The summed E-state index contributed by atoms with van der Waals surface area (Å²) >= 11 is 3.53. The Morgan fingerprint density at radius 1 is 1.13 bits per heavy atom. The minimum absolute atomic E-state index is 0.0304. The first kappa shape index (κ1) is 22.1. The summed E-state index contributed by atoms with van der Waals surface area (Å²) in [5.74, 6) is 1.06. The zero-order chi connectivity index (χ0) is 22.2. The van der Waals surface area contributed by atoms with E-state index in [9.17, 15) is 15.4 Å². The number of nitrogens with zero attached hydrogens (tertiary/aromatic N) is 2. The number of benzene rings is 3. The molecule has 0 atom stereocenters. The predicted molar refractivity (Wildman–Crippen MR) is 123 cm³/mol. The van der Waals surface area contributed by atoms with Crippen molar-refractivity contribution in [1.29, 1.82) is 5.26 Å². The van der Waals surface area contributed by atoms with E-state index in [4.69, 9.17) is 9.47 Å². The Morgan fingerprint density at radius 3 is 2.45 bits per heavy atom. The Hall–Kier alpha value is -3.63. The van der Waals surface area contributed by atoms with Crippen LogP contribution in [-0.4, -0.2) is 11.5 Å². The maximum atomic E-state index is 10.8. The average molecular weight is 479 g/mol. The van der Waals surface area contributed by atoms with Gasteiger partial charge in [-0.3, -0.25) is 10.1 Å². The lowest BCUT2D eigenvalue weighted by Crippen LogP contribution is -2.01. The van der Waals surface area contributed by atoms with Crippen molar-refractivity contribution < 1.29 is 14.4 Å². The Morgan fingerprint density at radius 2 is 1.84 bits per heavy atom. The van der Waals surface area contributed by atoms with E-state index in [-0.39, 0.29) is 12.3 Å². The molecule has 3 rings (SSSR count). The van der Waals surface area contributed by atoms with Crippen LogP contribution in [0.5, 0.6) is 11.5 Å². The predicted octanol–water partition coefficient (Wildman–Crippen LogP) is 6.40. The molecule has 0 aliphatic rings. The number of hydrogen-bond donors (Lipinski definition) is 0. The first-order valence-electron chi connectivity index (χ1n) is 9.51. The molecule has 0 heterocycles. The van der Waals surface area contributed by atoms with Gasteiger partial charge in [-0.25, -0.2) is 0 Å². The SMILES string of the molecule is CCOc1cc(C=C(C#N)c2ccccc2)cc(Br)c1OCc1ccc([N+](=O)[O-])cc1. The Kier molecular flexibility index (Phi) is 7.41. The fourth-order valence-corrected chi connectivity index (χ4v) is 3.48. The van der Waals surface area contributed by atoms with Gasteiger partial charge in [0.15, 0.2) is 11.5 Å². The molecule has 0 aliphatic carbocycles. The molecular weight excluding hydrogens is 460 g/mol. The molecule has 0 bridgehead atoms. The highest BCUT2D eigenvalue weighted by atomic mass is 79.9. The molecule has 156 valence electrons. The zero-order valence-corrected chi connectivity index (χ0v) is 18.3. The highest BCUT2D eigenvalue weighted by molar-refractivity contribution is 9.10. The summed E-state index contributed by atoms with van der Waals surface area (Å²) in [6.07, 6.45) is 1.79. The lowest BCUT2D eigenvalue weighted by molar-refractivity contribution is -0.384. The molecule has 31 heavy (non-hydrogen) atoms. The van der Waals surface area contributed by atoms with Gasteiger partial charge in [-0.15, -0.1) is 0 Å². The van der Waals surface area contributed by atoms with Crippen LogP contribution in [0, 0.1) is 21.4 Å². The summed E-state index contributed by atoms with van der Waals surface area (Å²) in [5.41, 5.74) is 2.98. The highest BCUT2D eigenvalue weighted by Crippen LogP contribution is 2.38. The van der Waals surface area contributed by atoms with Crippen LogP contribution in [0.3, 0.4) is 0 Å². The maximum Gasteiger partial charge on any atom is 0.269 e. The molecule has 3 aromatic carbocycles. The van der Waals surface area contributed by atoms with Crippen molar-refractivity contribution in [3.8, 4) is 17.6 Å². The van der Waals surface area contributed by atoms with Gasteiger partial charge in [-0.2, -0.15) is 5.26 Å². The van der Waals surface area contributed by atoms with Gasteiger partial charge in [0.25, 0.3) is 5.69 Å². The summed E-state index contributed by atoms with van der Waals surface area (Å²) < 4.78 is 12.4. The first-order valence-corrected chi connectivity index (χ1v) is 10.3. The lowest BCUT2D eigenvalue weighted by atomic mass is 10.0. The van der Waals surface area contributed by atoms with Crippen molar-refractivity contribution in [2.75, 3.05) is 6.61 Å². The zero-order valence-electron chi connectivity index (χ0n) is 16.7. The van der Waals surface area contributed by atoms with Crippen molar-refractivity contribution >= 4 is 33.3 Å². The van der Waals surface area contributed by atoms with E-state index >= 15 is 0 Å². The fraction of sp³-hybridized carbons (Fsp3) is 0.125. The van der Waals surface area contributed by atoms with Gasteiger partial charge >= 0.3 is 0 Å². The van der Waals surface area contributed by atoms with Gasteiger partial charge in [0.2, 0.25) is 0 Å². The summed E-state index contributed by atoms with van der Waals surface area (Å²) in [6, 6.07) is 21.5. The average Bonchev–Trinajstić information content (AvgIpc) is 2.78. The second-order valence-corrected chi connectivity index (χ2v) is 7.37. The van der Waals surface area contributed by atoms with Crippen molar-refractivity contribution in [2.45, 2.75) is 13.5 Å². The Labute approximate surface area is 188 Å². The van der Waals surface area contributed by atoms with Crippen molar-refractivity contribution in [2.24, 2.45) is 0 Å². The molecule has 0 unspecified atom stereocenters. The van der Waals surface area contributed by atoms with Crippen molar-refractivity contribution in [1.82, 2.24) is 0 Å². The number of allylic oxidation sites excluding steroid dienone is 1. The standard InChI is InChI=1S/C24H19BrN2O4/c1-2-30-23-14-18(12-20(15-26)19-6-4-3-5-7-19)13-22(25)24(23)31-16-17-8-10-21(11-9-17)27(28)29/h3-14H,2,16H2,1H3. The van der Waals surface area contributed by atoms with Gasteiger partial charge in [0.05, 0.1) is 27.6 Å². The normalized spacial score (nSPS) is 10.9. The molecule has 0 saturated carbocycles. The third-order valence-electron chi connectivity index (χ3n) is 4.38. The third-order valence-corrected chi connectivity index (χ3v) is 4.97. The fourth-order valence-electron chi connectivity index (χ4n) is 2.91. The highest BCUT2D eigenvalue weighted by Gasteiger charge is 2.13. The number of nitro benzene ring substituents is 1. The monoisotopic (exact) mass is 478 g/mol. The molecule has 0 amide bonds. The first-order chi connectivity index (χ1) is 15.0. The van der Waals surface area contributed by atoms with Crippen LogP contribution in [0.15, 0.2) is 71.2 Å². The molecule has 0 aliphatic heterocycles. The minimum Gasteiger partial charge on any atom is -0.490 e. The number of non-ortho nitro benzene ring substituents is 1. The molecule has 0 spiro atoms. The summed E-state index contributed by atoms with van der Waals surface area (Å²) in [5, 5.41) is 20.4. The van der Waals surface area contributed by atoms with Crippen molar-refractivity contribution in [3.05, 3.63) is 98.0 Å². The van der Waals surface area contributed by atoms with Gasteiger partial charge in [0, 0.05) is 12.1 Å². The molecule has 0 saturated heterocycles. The van der Waals surface area contributed by atoms with Crippen LogP contribution in [0.4, 0.5) is 5.69 Å². The molecule has 0 fully saturated rings. The lowest BCUT2D eigenvalue weighted by Gasteiger charge is -2.15. The van der Waals surface area contributed by atoms with E-state index < -0.39 is 4.92 Å². The van der Waals surface area contributed by atoms with Crippen LogP contribution in [-0.2, 0) is 6.61 Å². The van der Waals surface area contributed by atoms with Crippen LogP contribution in [0.2, 0.25) is 0 Å².